The molecule has 0 aliphatic heterocycles. The van der Waals surface area contributed by atoms with Crippen LogP contribution in [0.3, 0.4) is 0 Å². The second kappa shape index (κ2) is 3.63. The van der Waals surface area contributed by atoms with Gasteiger partial charge in [-0.25, -0.2) is 4.79 Å². The van der Waals surface area contributed by atoms with Crippen molar-refractivity contribution < 1.29 is 4.79 Å². The Kier molecular flexibility index (Phi) is 2.24. The van der Waals surface area contributed by atoms with E-state index in [1.165, 1.54) is 0 Å². The van der Waals surface area contributed by atoms with Gasteiger partial charge in [0.2, 0.25) is 0 Å². The van der Waals surface area contributed by atoms with Gasteiger partial charge in [0.15, 0.2) is 0 Å². The van der Waals surface area contributed by atoms with Crippen LogP contribution in [0.5, 0.6) is 0 Å². The molecule has 1 amide bonds. The second-order valence-corrected chi connectivity index (χ2v) is 4.90. The molecule has 0 bridgehead atoms. The molecule has 4 heteroatoms. The van der Waals surface area contributed by atoms with Gasteiger partial charge in [0.25, 0.3) is 0 Å². The molecule has 1 aliphatic rings. The average Bonchev–Trinajstić information content (AvgIpc) is 2.98. The maximum Gasteiger partial charge on any atom is 0.327 e. The lowest BCUT2D eigenvalue weighted by atomic mass is 10.2. The van der Waals surface area contributed by atoms with E-state index in [4.69, 9.17) is 0 Å². The number of rotatable bonds is 1. The zero-order chi connectivity index (χ0) is 11.1. The minimum Gasteiger partial charge on any atom is -0.335 e. The molecule has 1 fully saturated rings. The lowest BCUT2D eigenvalue weighted by Gasteiger charge is -2.06. The van der Waals surface area contributed by atoms with E-state index < -0.39 is 0 Å². The Balaban J connectivity index is 2.06. The average molecular weight is 279 g/mol. The first-order valence-corrected chi connectivity index (χ1v) is 6.12. The van der Waals surface area contributed by atoms with E-state index in [0.717, 1.165) is 28.3 Å². The van der Waals surface area contributed by atoms with Crippen molar-refractivity contribution in [2.45, 2.75) is 18.9 Å². The number of carbonyl (C=O) groups excluding carboxylic acids is 1. The van der Waals surface area contributed by atoms with E-state index in [9.17, 15) is 4.79 Å². The molecule has 3 nitrogen and oxygen atoms in total. The summed E-state index contributed by atoms with van der Waals surface area (Å²) >= 11 is 3.42. The summed E-state index contributed by atoms with van der Waals surface area (Å²) in [6, 6.07) is 10.2. The molecule has 0 unspecified atom stereocenters. The van der Waals surface area contributed by atoms with Crippen molar-refractivity contribution in [3.8, 4) is 0 Å². The third kappa shape index (κ3) is 1.63. The van der Waals surface area contributed by atoms with Crippen LogP contribution in [0.2, 0.25) is 0 Å². The Morgan fingerprint density at radius 3 is 2.88 bits per heavy atom. The maximum atomic E-state index is 12.0. The molecular formula is C12H11BrN2O. The number of nitrogens with one attached hydrogen (secondary N) is 1. The van der Waals surface area contributed by atoms with Gasteiger partial charge in [0.05, 0.1) is 10.1 Å². The fourth-order valence-corrected chi connectivity index (χ4v) is 2.39. The number of amides is 1. The highest BCUT2D eigenvalue weighted by Gasteiger charge is 2.25. The van der Waals surface area contributed by atoms with Gasteiger partial charge in [-0.05, 0) is 40.9 Å². The number of benzene rings is 1. The molecule has 1 saturated carbocycles. The monoisotopic (exact) mass is 278 g/mol. The van der Waals surface area contributed by atoms with Crippen molar-refractivity contribution in [1.82, 2.24) is 9.88 Å². The topological polar surface area (TPSA) is 34.0 Å². The predicted molar refractivity (Wildman–Crippen MR) is 66.6 cm³/mol. The van der Waals surface area contributed by atoms with Crippen LogP contribution in [0, 0.1) is 0 Å². The Hall–Kier alpha value is -1.29. The normalized spacial score (nSPS) is 15.3. The maximum absolute atomic E-state index is 12.0. The standard InChI is InChI=1S/C12H11BrN2O/c13-11-7-8-3-1-2-4-10(8)15(11)12(16)14-9-5-6-9/h1-4,7,9H,5-6H2,(H,14,16). The molecule has 1 aromatic carbocycles. The summed E-state index contributed by atoms with van der Waals surface area (Å²) in [5.74, 6) is 0. The molecule has 1 N–H and O–H groups in total. The van der Waals surface area contributed by atoms with Crippen LogP contribution in [0.1, 0.15) is 12.8 Å². The van der Waals surface area contributed by atoms with Crippen LogP contribution in [0.25, 0.3) is 10.9 Å². The molecule has 1 aromatic heterocycles. The minimum absolute atomic E-state index is 0.0458. The lowest BCUT2D eigenvalue weighted by molar-refractivity contribution is 0.242. The smallest absolute Gasteiger partial charge is 0.327 e. The molecule has 3 rings (SSSR count). The SMILES string of the molecule is O=C(NC1CC1)n1c(Br)cc2ccccc21. The largest absolute Gasteiger partial charge is 0.335 e. The first kappa shape index (κ1) is 9.90. The quantitative estimate of drug-likeness (QED) is 0.855. The van der Waals surface area contributed by atoms with Crippen molar-refractivity contribution in [2.24, 2.45) is 0 Å². The summed E-state index contributed by atoms with van der Waals surface area (Å²) in [5.41, 5.74) is 0.938. The molecule has 1 heterocycles. The molecule has 2 aromatic rings. The van der Waals surface area contributed by atoms with E-state index in [1.54, 1.807) is 4.57 Å². The van der Waals surface area contributed by atoms with Gasteiger partial charge >= 0.3 is 6.03 Å². The third-order valence-corrected chi connectivity index (χ3v) is 3.36. The number of aromatic nitrogens is 1. The van der Waals surface area contributed by atoms with Crippen LogP contribution in [-0.2, 0) is 0 Å². The van der Waals surface area contributed by atoms with Gasteiger partial charge < -0.3 is 5.32 Å². The summed E-state index contributed by atoms with van der Waals surface area (Å²) in [5, 5.41) is 4.05. The van der Waals surface area contributed by atoms with Crippen LogP contribution < -0.4 is 5.32 Å². The molecule has 0 saturated heterocycles. The first-order valence-electron chi connectivity index (χ1n) is 5.32. The zero-order valence-electron chi connectivity index (χ0n) is 8.61. The number of hydrogen-bond acceptors (Lipinski definition) is 1. The van der Waals surface area contributed by atoms with E-state index in [1.807, 2.05) is 30.3 Å². The fourth-order valence-electron chi connectivity index (χ4n) is 1.79. The molecular weight excluding hydrogens is 268 g/mol. The second-order valence-electron chi connectivity index (χ2n) is 4.09. The summed E-state index contributed by atoms with van der Waals surface area (Å²) in [7, 11) is 0. The van der Waals surface area contributed by atoms with Gasteiger partial charge in [-0.2, -0.15) is 0 Å². The van der Waals surface area contributed by atoms with E-state index >= 15 is 0 Å². The Morgan fingerprint density at radius 2 is 2.12 bits per heavy atom. The molecule has 0 spiro atoms. The first-order chi connectivity index (χ1) is 7.75. The van der Waals surface area contributed by atoms with Crippen molar-refractivity contribution in [2.75, 3.05) is 0 Å². The van der Waals surface area contributed by atoms with Crippen molar-refractivity contribution >= 4 is 32.9 Å². The van der Waals surface area contributed by atoms with Gasteiger partial charge in [0, 0.05) is 11.4 Å². The molecule has 16 heavy (non-hydrogen) atoms. The van der Waals surface area contributed by atoms with E-state index in [2.05, 4.69) is 21.2 Å². The molecule has 82 valence electrons. The zero-order valence-corrected chi connectivity index (χ0v) is 10.2. The van der Waals surface area contributed by atoms with Crippen LogP contribution in [0.15, 0.2) is 34.9 Å². The fraction of sp³-hybridized carbons (Fsp3) is 0.250. The van der Waals surface area contributed by atoms with Gasteiger partial charge in [-0.3, -0.25) is 4.57 Å². The number of halogens is 1. The Labute approximate surface area is 102 Å². The summed E-state index contributed by atoms with van der Waals surface area (Å²) in [6.45, 7) is 0. The van der Waals surface area contributed by atoms with Crippen molar-refractivity contribution in [3.05, 3.63) is 34.9 Å². The van der Waals surface area contributed by atoms with Crippen LogP contribution >= 0.6 is 15.9 Å². The predicted octanol–water partition coefficient (Wildman–Crippen LogP) is 3.12. The van der Waals surface area contributed by atoms with Crippen molar-refractivity contribution in [3.63, 3.8) is 0 Å². The summed E-state index contributed by atoms with van der Waals surface area (Å²) in [4.78, 5) is 12.0. The van der Waals surface area contributed by atoms with Gasteiger partial charge in [-0.15, -0.1) is 0 Å². The summed E-state index contributed by atoms with van der Waals surface area (Å²) in [6.07, 6.45) is 2.20. The number of carbonyl (C=O) groups is 1. The van der Waals surface area contributed by atoms with E-state index in [-0.39, 0.29) is 6.03 Å². The van der Waals surface area contributed by atoms with Crippen LogP contribution in [0.4, 0.5) is 4.79 Å². The number of fused-ring (bicyclic) bond motifs is 1. The minimum atomic E-state index is -0.0458. The van der Waals surface area contributed by atoms with Gasteiger partial charge in [0.1, 0.15) is 0 Å². The van der Waals surface area contributed by atoms with E-state index in [0.29, 0.717) is 6.04 Å². The highest BCUT2D eigenvalue weighted by molar-refractivity contribution is 9.10. The Morgan fingerprint density at radius 1 is 1.38 bits per heavy atom. The Bertz CT molecular complexity index is 557. The molecule has 1 aliphatic carbocycles. The highest BCUT2D eigenvalue weighted by Crippen LogP contribution is 2.25. The van der Waals surface area contributed by atoms with Crippen molar-refractivity contribution in [1.29, 1.82) is 0 Å². The number of para-hydroxylation sites is 1. The summed E-state index contributed by atoms with van der Waals surface area (Å²) < 4.78 is 2.47. The molecule has 0 atom stereocenters. The third-order valence-electron chi connectivity index (χ3n) is 2.77. The van der Waals surface area contributed by atoms with Gasteiger partial charge in [-0.1, -0.05) is 18.2 Å². The molecule has 0 radical (unpaired) electrons. The number of hydrogen-bond donors (Lipinski definition) is 1. The van der Waals surface area contributed by atoms with Crippen LogP contribution in [-0.4, -0.2) is 16.6 Å². The highest BCUT2D eigenvalue weighted by atomic mass is 79.9. The lowest BCUT2D eigenvalue weighted by Crippen LogP contribution is -2.30. The number of nitrogens with zero attached hydrogens (tertiary/aromatic N) is 1.